The highest BCUT2D eigenvalue weighted by atomic mass is 16.5. The first-order valence-electron chi connectivity index (χ1n) is 7.54. The van der Waals surface area contributed by atoms with E-state index in [2.05, 4.69) is 17.3 Å². The first-order chi connectivity index (χ1) is 10.1. The maximum Gasteiger partial charge on any atom is 0.246 e. The number of rotatable bonds is 7. The molecular weight excluding hydrogens is 270 g/mol. The fraction of sp³-hybridized carbons (Fsp3) is 0.733. The topological polar surface area (TPSA) is 65.4 Å². The molecule has 0 bridgehead atoms. The van der Waals surface area contributed by atoms with Gasteiger partial charge in [-0.1, -0.05) is 0 Å². The summed E-state index contributed by atoms with van der Waals surface area (Å²) in [6.45, 7) is 8.74. The highest BCUT2D eigenvalue weighted by molar-refractivity contribution is 5.77. The number of carbonyl (C=O) groups excluding carboxylic acids is 1. The summed E-state index contributed by atoms with van der Waals surface area (Å²) in [7, 11) is 0. The van der Waals surface area contributed by atoms with Gasteiger partial charge in [0.2, 0.25) is 5.91 Å². The van der Waals surface area contributed by atoms with Gasteiger partial charge in [-0.3, -0.25) is 9.48 Å². The van der Waals surface area contributed by atoms with Crippen LogP contribution in [0.1, 0.15) is 29.8 Å². The molecule has 1 saturated heterocycles. The van der Waals surface area contributed by atoms with Crippen LogP contribution in [0.4, 0.5) is 0 Å². The molecule has 1 N–H and O–H groups in total. The molecule has 6 heteroatoms. The molecule has 2 rings (SSSR count). The molecule has 118 valence electrons. The summed E-state index contributed by atoms with van der Waals surface area (Å²) in [5.41, 5.74) is 3.40. The molecule has 1 aromatic heterocycles. The highest BCUT2D eigenvalue weighted by Gasteiger charge is 2.15. The second-order valence-electron chi connectivity index (χ2n) is 5.52. The predicted octanol–water partition coefficient (Wildman–Crippen LogP) is 1.12. The Morgan fingerprint density at radius 3 is 2.90 bits per heavy atom. The Hall–Kier alpha value is -1.40. The van der Waals surface area contributed by atoms with Gasteiger partial charge in [-0.2, -0.15) is 5.10 Å². The van der Waals surface area contributed by atoms with Crippen molar-refractivity contribution in [3.05, 3.63) is 17.0 Å². The lowest BCUT2D eigenvalue weighted by atomic mass is 10.2. The van der Waals surface area contributed by atoms with Gasteiger partial charge in [0.05, 0.1) is 24.9 Å². The third-order valence-corrected chi connectivity index (χ3v) is 3.95. The summed E-state index contributed by atoms with van der Waals surface area (Å²) in [4.78, 5) is 11.7. The summed E-state index contributed by atoms with van der Waals surface area (Å²) >= 11 is 0. The maximum atomic E-state index is 11.7. The van der Waals surface area contributed by atoms with Crippen molar-refractivity contribution in [3.8, 4) is 0 Å². The number of aryl methyl sites for hydroxylation is 1. The summed E-state index contributed by atoms with van der Waals surface area (Å²) in [5.74, 6) is -0.0914. The van der Waals surface area contributed by atoms with Crippen LogP contribution < -0.4 is 5.32 Å². The molecule has 21 heavy (non-hydrogen) atoms. The molecule has 1 aliphatic rings. The Bertz CT molecular complexity index is 479. The second-order valence-corrected chi connectivity index (χ2v) is 5.52. The van der Waals surface area contributed by atoms with Gasteiger partial charge < -0.3 is 14.8 Å². The van der Waals surface area contributed by atoms with E-state index in [9.17, 15) is 4.79 Å². The van der Waals surface area contributed by atoms with Gasteiger partial charge in [-0.05, 0) is 39.2 Å². The molecule has 1 aliphatic heterocycles. The molecule has 6 nitrogen and oxygen atoms in total. The van der Waals surface area contributed by atoms with E-state index in [1.165, 1.54) is 5.56 Å². The van der Waals surface area contributed by atoms with Gasteiger partial charge in [0.25, 0.3) is 0 Å². The summed E-state index contributed by atoms with van der Waals surface area (Å²) in [6, 6.07) is 0. The molecule has 0 aliphatic carbocycles. The van der Waals surface area contributed by atoms with Crippen molar-refractivity contribution in [1.29, 1.82) is 0 Å². The molecule has 1 aromatic rings. The second kappa shape index (κ2) is 7.56. The van der Waals surface area contributed by atoms with Gasteiger partial charge in [0.15, 0.2) is 0 Å². The van der Waals surface area contributed by atoms with E-state index in [1.807, 2.05) is 18.5 Å². The van der Waals surface area contributed by atoms with Crippen molar-refractivity contribution < 1.29 is 14.3 Å². The number of amides is 1. The first-order valence-corrected chi connectivity index (χ1v) is 7.54. The molecule has 0 spiro atoms. The number of carbonyl (C=O) groups is 1. The minimum atomic E-state index is -0.0914. The summed E-state index contributed by atoms with van der Waals surface area (Å²) < 4.78 is 12.7. The van der Waals surface area contributed by atoms with Crippen molar-refractivity contribution >= 4 is 5.91 Å². The Kier molecular flexibility index (Phi) is 5.76. The van der Waals surface area contributed by atoms with Crippen LogP contribution >= 0.6 is 0 Å². The Morgan fingerprint density at radius 2 is 2.29 bits per heavy atom. The van der Waals surface area contributed by atoms with E-state index in [0.717, 1.165) is 30.8 Å². The third-order valence-electron chi connectivity index (χ3n) is 3.95. The van der Waals surface area contributed by atoms with Crippen LogP contribution in [0.25, 0.3) is 0 Å². The fourth-order valence-corrected chi connectivity index (χ4v) is 2.42. The minimum Gasteiger partial charge on any atom is -0.376 e. The van der Waals surface area contributed by atoms with Gasteiger partial charge in [-0.15, -0.1) is 0 Å². The number of aromatic nitrogens is 2. The van der Waals surface area contributed by atoms with E-state index >= 15 is 0 Å². The fourth-order valence-electron chi connectivity index (χ4n) is 2.42. The molecule has 1 unspecified atom stereocenters. The van der Waals surface area contributed by atoms with Gasteiger partial charge in [-0.25, -0.2) is 0 Å². The van der Waals surface area contributed by atoms with Crippen molar-refractivity contribution in [2.45, 2.75) is 46.3 Å². The molecule has 0 radical (unpaired) electrons. The first kappa shape index (κ1) is 16.0. The van der Waals surface area contributed by atoms with Crippen LogP contribution in [0, 0.1) is 20.8 Å². The lowest BCUT2D eigenvalue weighted by molar-refractivity contribution is -0.126. The maximum absolute atomic E-state index is 11.7. The molecule has 0 saturated carbocycles. The number of nitrogens with one attached hydrogen (secondary N) is 1. The Labute approximate surface area is 125 Å². The van der Waals surface area contributed by atoms with Gasteiger partial charge in [0, 0.05) is 18.8 Å². The Morgan fingerprint density at radius 1 is 1.48 bits per heavy atom. The van der Waals surface area contributed by atoms with Crippen LogP contribution in [-0.2, 0) is 20.8 Å². The quantitative estimate of drug-likeness (QED) is 0.818. The standard InChI is InChI=1S/C15H25N3O3/c1-11-12(2)17-18(13(11)3)7-6-16-15(19)10-20-9-14-5-4-8-21-14/h14H,4-10H2,1-3H3,(H,16,19). The minimum absolute atomic E-state index is 0.0914. The normalized spacial score (nSPS) is 18.1. The molecule has 1 fully saturated rings. The molecule has 1 amide bonds. The monoisotopic (exact) mass is 295 g/mol. The number of hydrogen-bond acceptors (Lipinski definition) is 4. The van der Waals surface area contributed by atoms with E-state index < -0.39 is 0 Å². The zero-order valence-electron chi connectivity index (χ0n) is 13.1. The SMILES string of the molecule is Cc1nn(CCNC(=O)COCC2CCCO2)c(C)c1C. The Balaban J connectivity index is 1.61. The summed E-state index contributed by atoms with van der Waals surface area (Å²) in [6.07, 6.45) is 2.27. The largest absolute Gasteiger partial charge is 0.376 e. The van der Waals surface area contributed by atoms with Crippen LogP contribution in [0.3, 0.4) is 0 Å². The van der Waals surface area contributed by atoms with Crippen LogP contribution in [0.2, 0.25) is 0 Å². The van der Waals surface area contributed by atoms with Crippen molar-refractivity contribution in [1.82, 2.24) is 15.1 Å². The van der Waals surface area contributed by atoms with Crippen molar-refractivity contribution in [2.75, 3.05) is 26.4 Å². The van der Waals surface area contributed by atoms with E-state index in [4.69, 9.17) is 9.47 Å². The zero-order valence-corrected chi connectivity index (χ0v) is 13.1. The van der Waals surface area contributed by atoms with Crippen LogP contribution in [-0.4, -0.2) is 48.2 Å². The molecule has 2 heterocycles. The number of ether oxygens (including phenoxy) is 2. The molecule has 1 atom stereocenters. The van der Waals surface area contributed by atoms with Gasteiger partial charge >= 0.3 is 0 Å². The lowest BCUT2D eigenvalue weighted by Gasteiger charge is -2.10. The smallest absolute Gasteiger partial charge is 0.246 e. The van der Waals surface area contributed by atoms with Crippen molar-refractivity contribution in [2.24, 2.45) is 0 Å². The molecule has 0 aromatic carbocycles. The highest BCUT2D eigenvalue weighted by Crippen LogP contribution is 2.12. The van der Waals surface area contributed by atoms with E-state index in [1.54, 1.807) is 0 Å². The lowest BCUT2D eigenvalue weighted by Crippen LogP contribution is -2.32. The van der Waals surface area contributed by atoms with Crippen LogP contribution in [0.5, 0.6) is 0 Å². The predicted molar refractivity (Wildman–Crippen MR) is 79.2 cm³/mol. The average molecular weight is 295 g/mol. The summed E-state index contributed by atoms with van der Waals surface area (Å²) in [5, 5.41) is 7.29. The number of hydrogen-bond donors (Lipinski definition) is 1. The zero-order chi connectivity index (χ0) is 15.2. The third kappa shape index (κ3) is 4.54. The molecular formula is C15H25N3O3. The van der Waals surface area contributed by atoms with Crippen molar-refractivity contribution in [3.63, 3.8) is 0 Å². The van der Waals surface area contributed by atoms with E-state index in [0.29, 0.717) is 19.7 Å². The van der Waals surface area contributed by atoms with Crippen LogP contribution in [0.15, 0.2) is 0 Å². The van der Waals surface area contributed by atoms with E-state index in [-0.39, 0.29) is 18.6 Å². The van der Waals surface area contributed by atoms with Gasteiger partial charge in [0.1, 0.15) is 6.61 Å². The average Bonchev–Trinajstić information content (AvgIpc) is 3.04. The number of nitrogens with zero attached hydrogens (tertiary/aromatic N) is 2.